The fraction of sp³-hybridized carbons (Fsp3) is 0.300. The molecule has 0 saturated carbocycles. The molecule has 1 aromatic heterocycles. The van der Waals surface area contributed by atoms with Crippen molar-refractivity contribution < 1.29 is 4.79 Å². The van der Waals surface area contributed by atoms with Crippen molar-refractivity contribution in [1.29, 1.82) is 0 Å². The first kappa shape index (κ1) is 20.3. The normalized spacial score (nSPS) is 11.3. The minimum absolute atomic E-state index is 0.0568. The van der Waals surface area contributed by atoms with Crippen LogP contribution in [-0.4, -0.2) is 42.0 Å². The van der Waals surface area contributed by atoms with Crippen molar-refractivity contribution in [3.05, 3.63) is 57.5 Å². The summed E-state index contributed by atoms with van der Waals surface area (Å²) in [6.07, 6.45) is 0. The number of para-hydroxylation sites is 1. The van der Waals surface area contributed by atoms with Crippen molar-refractivity contribution in [1.82, 2.24) is 9.88 Å². The maximum absolute atomic E-state index is 13.3. The number of halogens is 2. The number of nitrogens with zero attached hydrogens (tertiary/aromatic N) is 3. The van der Waals surface area contributed by atoms with Gasteiger partial charge in [-0.25, -0.2) is 4.98 Å². The van der Waals surface area contributed by atoms with E-state index in [9.17, 15) is 4.79 Å². The summed E-state index contributed by atoms with van der Waals surface area (Å²) in [6, 6.07) is 13.2. The fourth-order valence-electron chi connectivity index (χ4n) is 2.86. The van der Waals surface area contributed by atoms with Gasteiger partial charge in [-0.05, 0) is 43.4 Å². The molecule has 0 N–H and O–H groups in total. The number of hydrogen-bond donors (Lipinski definition) is 0. The molecule has 2 aromatic carbocycles. The number of aromatic nitrogens is 1. The van der Waals surface area contributed by atoms with E-state index in [-0.39, 0.29) is 5.91 Å². The van der Waals surface area contributed by atoms with Crippen LogP contribution in [0.5, 0.6) is 0 Å². The molecule has 0 saturated heterocycles. The molecular weight excluding hydrogens is 446 g/mol. The molecule has 0 aliphatic heterocycles. The summed E-state index contributed by atoms with van der Waals surface area (Å²) in [5, 5.41) is 1.28. The van der Waals surface area contributed by atoms with Gasteiger partial charge in [0.05, 0.1) is 9.72 Å². The molecule has 0 bridgehead atoms. The van der Waals surface area contributed by atoms with Crippen LogP contribution >= 0.6 is 38.9 Å². The molecule has 1 heterocycles. The van der Waals surface area contributed by atoms with Crippen molar-refractivity contribution in [2.24, 2.45) is 0 Å². The van der Waals surface area contributed by atoms with E-state index in [4.69, 9.17) is 11.6 Å². The topological polar surface area (TPSA) is 36.4 Å². The van der Waals surface area contributed by atoms with Gasteiger partial charge in [0.25, 0.3) is 5.91 Å². The summed E-state index contributed by atoms with van der Waals surface area (Å²) in [4.78, 5) is 22.0. The summed E-state index contributed by atoms with van der Waals surface area (Å²) in [5.41, 5.74) is 1.38. The van der Waals surface area contributed by atoms with Gasteiger partial charge in [0.15, 0.2) is 5.13 Å². The Kier molecular flexibility index (Phi) is 6.87. The minimum Gasteiger partial charge on any atom is -0.302 e. The van der Waals surface area contributed by atoms with E-state index in [2.05, 4.69) is 39.7 Å². The van der Waals surface area contributed by atoms with Gasteiger partial charge in [-0.15, -0.1) is 0 Å². The summed E-state index contributed by atoms with van der Waals surface area (Å²) >= 11 is 11.2. The summed E-state index contributed by atoms with van der Waals surface area (Å²) in [7, 11) is 0. The van der Waals surface area contributed by atoms with Crippen LogP contribution in [0.25, 0.3) is 10.2 Å². The number of likely N-dealkylation sites (N-methyl/N-ethyl adjacent to an activating group) is 1. The standard InChI is InChI=1S/C20H21BrClN3OS/c1-3-24(4-2)11-12-25(19(26)14-7-5-8-15(21)13-14)20-23-18-16(22)9-6-10-17(18)27-20/h5-10,13H,3-4,11-12H2,1-2H3. The molecule has 27 heavy (non-hydrogen) atoms. The van der Waals surface area contributed by atoms with Gasteiger partial charge in [-0.3, -0.25) is 9.69 Å². The molecule has 0 atom stereocenters. The molecule has 0 aliphatic rings. The van der Waals surface area contributed by atoms with Crippen molar-refractivity contribution in [3.8, 4) is 0 Å². The molecule has 3 aromatic rings. The molecular formula is C20H21BrClN3OS. The van der Waals surface area contributed by atoms with Gasteiger partial charge in [0, 0.05) is 23.1 Å². The zero-order valence-electron chi connectivity index (χ0n) is 15.3. The van der Waals surface area contributed by atoms with E-state index >= 15 is 0 Å². The van der Waals surface area contributed by atoms with Gasteiger partial charge >= 0.3 is 0 Å². The van der Waals surface area contributed by atoms with Crippen LogP contribution in [-0.2, 0) is 0 Å². The van der Waals surface area contributed by atoms with E-state index in [1.165, 1.54) is 11.3 Å². The van der Waals surface area contributed by atoms with E-state index in [0.29, 0.717) is 22.3 Å². The lowest BCUT2D eigenvalue weighted by atomic mass is 10.2. The Balaban J connectivity index is 1.97. The van der Waals surface area contributed by atoms with Crippen LogP contribution in [0.4, 0.5) is 5.13 Å². The lowest BCUT2D eigenvalue weighted by molar-refractivity contribution is 0.0983. The van der Waals surface area contributed by atoms with Gasteiger partial charge in [0.2, 0.25) is 0 Å². The zero-order valence-corrected chi connectivity index (χ0v) is 18.4. The molecule has 0 radical (unpaired) electrons. The third kappa shape index (κ3) is 4.69. The van der Waals surface area contributed by atoms with Crippen LogP contribution in [0, 0.1) is 0 Å². The highest BCUT2D eigenvalue weighted by Crippen LogP contribution is 2.33. The van der Waals surface area contributed by atoms with Crippen LogP contribution in [0.2, 0.25) is 5.02 Å². The van der Waals surface area contributed by atoms with Crippen molar-refractivity contribution in [2.75, 3.05) is 31.1 Å². The monoisotopic (exact) mass is 465 g/mol. The second kappa shape index (κ2) is 9.15. The Labute approximate surface area is 176 Å². The second-order valence-corrected chi connectivity index (χ2v) is 8.41. The fourth-order valence-corrected chi connectivity index (χ4v) is 4.55. The second-order valence-electron chi connectivity index (χ2n) is 6.08. The zero-order chi connectivity index (χ0) is 19.4. The number of thiazole rings is 1. The largest absolute Gasteiger partial charge is 0.302 e. The molecule has 3 rings (SSSR count). The number of anilines is 1. The highest BCUT2D eigenvalue weighted by atomic mass is 79.9. The number of hydrogen-bond acceptors (Lipinski definition) is 4. The van der Waals surface area contributed by atoms with E-state index in [1.807, 2.05) is 42.5 Å². The molecule has 0 aliphatic carbocycles. The van der Waals surface area contributed by atoms with Crippen LogP contribution in [0.3, 0.4) is 0 Å². The SMILES string of the molecule is CCN(CC)CCN(C(=O)c1cccc(Br)c1)c1nc2c(Cl)cccc2s1. The molecule has 1 amide bonds. The van der Waals surface area contributed by atoms with E-state index in [0.717, 1.165) is 34.3 Å². The average Bonchev–Trinajstić information content (AvgIpc) is 3.10. The Hall–Kier alpha value is -1.47. The maximum Gasteiger partial charge on any atom is 0.260 e. The van der Waals surface area contributed by atoms with Gasteiger partial charge < -0.3 is 4.90 Å². The van der Waals surface area contributed by atoms with Crippen LogP contribution in [0.1, 0.15) is 24.2 Å². The molecule has 0 unspecified atom stereocenters. The predicted octanol–water partition coefficient (Wildman–Crippen LogP) is 5.70. The number of benzene rings is 2. The highest BCUT2D eigenvalue weighted by Gasteiger charge is 2.22. The summed E-state index contributed by atoms with van der Waals surface area (Å²) in [5.74, 6) is -0.0568. The summed E-state index contributed by atoms with van der Waals surface area (Å²) < 4.78 is 1.86. The smallest absolute Gasteiger partial charge is 0.260 e. The first-order chi connectivity index (χ1) is 13.0. The van der Waals surface area contributed by atoms with E-state index < -0.39 is 0 Å². The number of fused-ring (bicyclic) bond motifs is 1. The predicted molar refractivity (Wildman–Crippen MR) is 118 cm³/mol. The minimum atomic E-state index is -0.0568. The number of carbonyl (C=O) groups is 1. The molecule has 4 nitrogen and oxygen atoms in total. The van der Waals surface area contributed by atoms with E-state index in [1.54, 1.807) is 4.90 Å². The third-order valence-corrected chi connectivity index (χ3v) is 6.28. The number of rotatable bonds is 7. The van der Waals surface area contributed by atoms with Gasteiger partial charge in [-0.2, -0.15) is 0 Å². The first-order valence-corrected chi connectivity index (χ1v) is 10.9. The molecule has 7 heteroatoms. The molecule has 0 spiro atoms. The number of amides is 1. The average molecular weight is 467 g/mol. The van der Waals surface area contributed by atoms with Crippen LogP contribution in [0.15, 0.2) is 46.9 Å². The molecule has 142 valence electrons. The lowest BCUT2D eigenvalue weighted by Gasteiger charge is -2.24. The first-order valence-electron chi connectivity index (χ1n) is 8.88. The van der Waals surface area contributed by atoms with Crippen LogP contribution < -0.4 is 4.90 Å². The van der Waals surface area contributed by atoms with Crippen molar-refractivity contribution in [3.63, 3.8) is 0 Å². The quantitative estimate of drug-likeness (QED) is 0.448. The Morgan fingerprint density at radius 1 is 1.15 bits per heavy atom. The Bertz CT molecular complexity index is 942. The Morgan fingerprint density at radius 2 is 1.89 bits per heavy atom. The molecule has 0 fully saturated rings. The summed E-state index contributed by atoms with van der Waals surface area (Å²) in [6.45, 7) is 7.51. The number of carbonyl (C=O) groups excluding carboxylic acids is 1. The highest BCUT2D eigenvalue weighted by molar-refractivity contribution is 9.10. The maximum atomic E-state index is 13.3. The van der Waals surface area contributed by atoms with Gasteiger partial charge in [0.1, 0.15) is 5.52 Å². The Morgan fingerprint density at radius 3 is 2.56 bits per heavy atom. The van der Waals surface area contributed by atoms with Gasteiger partial charge in [-0.1, -0.05) is 64.8 Å². The lowest BCUT2D eigenvalue weighted by Crippen LogP contribution is -2.38. The third-order valence-electron chi connectivity index (χ3n) is 4.44. The van der Waals surface area contributed by atoms with Crippen molar-refractivity contribution >= 4 is 60.1 Å². The van der Waals surface area contributed by atoms with Crippen molar-refractivity contribution in [2.45, 2.75) is 13.8 Å².